The Bertz CT molecular complexity index is 4650. The van der Waals surface area contributed by atoms with Crippen molar-refractivity contribution < 1.29 is 77.3 Å². The van der Waals surface area contributed by atoms with Gasteiger partial charge in [0.2, 0.25) is 76.8 Å². The number of carboxylic acid groups (broad SMARTS) is 1. The van der Waals surface area contributed by atoms with Crippen molar-refractivity contribution in [3.8, 4) is 0 Å². The van der Waals surface area contributed by atoms with Gasteiger partial charge in [0.15, 0.2) is 5.96 Å². The fourth-order valence-electron chi connectivity index (χ4n) is 13.0. The van der Waals surface area contributed by atoms with Crippen molar-refractivity contribution in [2.24, 2.45) is 29.0 Å². The molecule has 0 unspecified atom stereocenters. The number of nitrogens with one attached hydrogen (secondary N) is 16. The SMILES string of the molecule is CC(C)[C@@H]1NC(=O)[C@H](Cc2c[nH]c3ccccc23)NC(=O)[C@H](c2ccccc2)NC(=O)[C@H](C(C)C)NC(=O)[C@H](Cc2c[nH]c3ccccc23)NC(=O)[C@H](CC(=O)O)NC(=O)[C@H](CCCCN)NC(=O)CNC(=O)[C@H](CO)NC(=O)[C@H](CCCNC(=N)N)NC(=O)[C@@H](Cc2ccc3ccccc3c2)NC(=O)CSC[C@@H](C(N)=O)NC1=O. The Balaban J connectivity index is 1.16. The minimum absolute atomic E-state index is 0.00986. The lowest BCUT2D eigenvalue weighted by molar-refractivity contribution is -0.141. The number of carbonyl (C=O) groups is 14. The lowest BCUT2D eigenvalue weighted by Crippen LogP contribution is -2.60. The van der Waals surface area contributed by atoms with Crippen molar-refractivity contribution >= 4 is 133 Å². The summed E-state index contributed by atoms with van der Waals surface area (Å²) in [6, 6.07) is 17.1. The molecule has 7 aromatic rings. The summed E-state index contributed by atoms with van der Waals surface area (Å²) < 4.78 is 0. The molecule has 13 amide bonds. The number of aliphatic hydroxyl groups is 1. The maximum atomic E-state index is 15.3. The number of hydrogen-bond acceptors (Lipinski definition) is 18. The largest absolute Gasteiger partial charge is 0.481 e. The normalized spacial score (nSPS) is 22.6. The number of guanidine groups is 1. The van der Waals surface area contributed by atoms with E-state index in [1.54, 1.807) is 131 Å². The Morgan fingerprint density at radius 3 is 1.57 bits per heavy atom. The summed E-state index contributed by atoms with van der Waals surface area (Å²) in [5.41, 5.74) is 20.3. The molecule has 614 valence electrons. The van der Waals surface area contributed by atoms with Gasteiger partial charge in [-0.15, -0.1) is 11.8 Å². The maximum Gasteiger partial charge on any atom is 0.305 e. The Morgan fingerprint density at radius 2 is 0.991 bits per heavy atom. The lowest BCUT2D eigenvalue weighted by Gasteiger charge is -2.29. The van der Waals surface area contributed by atoms with Gasteiger partial charge in [-0.05, 0) is 95.6 Å². The molecule has 0 aliphatic carbocycles. The Morgan fingerprint density at radius 1 is 0.504 bits per heavy atom. The Labute approximate surface area is 666 Å². The molecular formula is C79H101N19O16S. The standard InChI is InChI=1S/C79H101N19O16S/c1-42(2)65-76(112)95-61(68(81)104)40-115-41-63(101)89-56(32-44-27-28-45-17-8-9-20-47(45)31-44)72(108)90-55(26-16-30-84-79(82)83)71(107)94-60(39-99)69(105)87-38-62(100)88-54(25-14-15-29-80)70(106)92-59(35-64(102)103)73(109)91-57(33-48-36-85-52-23-12-10-21-50(48)52)74(110)97-66(43(3)4)77(113)98-67(46-18-6-5-7-19-46)78(114)93-58(75(111)96-65)34-49-37-86-53-24-13-11-22-51(49)53/h5-13,17-24,27-28,31,36-37,42-43,54-61,65-67,85-86,99H,14-16,25-26,29-30,32-35,38-41,80H2,1-4H3,(H2,81,104)(H,87,105)(H,88,100)(H,89,101)(H,90,108)(H,91,109)(H,92,106)(H,93,114)(H,94,107)(H,95,112)(H,96,111)(H,97,110)(H,98,113)(H,102,103)(H4,82,83,84)/t54-,55-,56+,57-,58-,59-,60-,61-,65-,66-,67-/m0/s1. The number of thioether (sulfide) groups is 1. The molecule has 1 aliphatic rings. The molecule has 11 atom stereocenters. The first-order chi connectivity index (χ1) is 55.0. The number of nitrogens with two attached hydrogens (primary N) is 3. The minimum Gasteiger partial charge on any atom is -0.481 e. The van der Waals surface area contributed by atoms with Crippen LogP contribution in [-0.2, 0) is 86.4 Å². The van der Waals surface area contributed by atoms with E-state index < -0.39 is 192 Å². The van der Waals surface area contributed by atoms with Crippen LogP contribution in [-0.4, -0.2) is 207 Å². The summed E-state index contributed by atoms with van der Waals surface area (Å²) in [4.78, 5) is 207. The zero-order valence-electron chi connectivity index (χ0n) is 64.1. The molecule has 1 saturated heterocycles. The monoisotopic (exact) mass is 1600 g/mol. The van der Waals surface area contributed by atoms with E-state index in [0.717, 1.165) is 22.5 Å². The fourth-order valence-corrected chi connectivity index (χ4v) is 13.9. The second kappa shape index (κ2) is 43.0. The van der Waals surface area contributed by atoms with Crippen LogP contribution < -0.4 is 86.3 Å². The van der Waals surface area contributed by atoms with Crippen molar-refractivity contribution in [2.75, 3.05) is 37.7 Å². The molecule has 1 fully saturated rings. The van der Waals surface area contributed by atoms with Crippen LogP contribution in [0.1, 0.15) is 94.5 Å². The molecule has 8 rings (SSSR count). The second-order valence-electron chi connectivity index (χ2n) is 28.6. The molecular weight excluding hydrogens is 1500 g/mol. The quantitative estimate of drug-likeness (QED) is 0.0234. The highest BCUT2D eigenvalue weighted by Gasteiger charge is 2.39. The summed E-state index contributed by atoms with van der Waals surface area (Å²) >= 11 is 0.840. The summed E-state index contributed by atoms with van der Waals surface area (Å²) in [6.45, 7) is 4.56. The molecule has 0 saturated carbocycles. The van der Waals surface area contributed by atoms with Gasteiger partial charge in [-0.25, -0.2) is 0 Å². The molecule has 35 nitrogen and oxygen atoms in total. The van der Waals surface area contributed by atoms with Gasteiger partial charge in [-0.3, -0.25) is 72.5 Å². The number of fused-ring (bicyclic) bond motifs is 3. The van der Waals surface area contributed by atoms with Gasteiger partial charge in [0.05, 0.1) is 25.3 Å². The van der Waals surface area contributed by atoms with Gasteiger partial charge in [0.25, 0.3) is 0 Å². The summed E-state index contributed by atoms with van der Waals surface area (Å²) in [7, 11) is 0. The van der Waals surface area contributed by atoms with Crippen molar-refractivity contribution in [3.05, 3.63) is 156 Å². The fraction of sp³-hybridized carbons (Fsp3) is 0.405. The number of amides is 13. The molecule has 1 aliphatic heterocycles. The van der Waals surface area contributed by atoms with Crippen LogP contribution in [0.2, 0.25) is 0 Å². The average Bonchev–Trinajstić information content (AvgIpc) is 1.78. The lowest BCUT2D eigenvalue weighted by atomic mass is 9.98. The number of aromatic nitrogens is 2. The first-order valence-corrected chi connectivity index (χ1v) is 38.9. The highest BCUT2D eigenvalue weighted by Crippen LogP contribution is 2.24. The van der Waals surface area contributed by atoms with Crippen LogP contribution in [0.5, 0.6) is 0 Å². The Kier molecular flexibility index (Phi) is 32.9. The molecule has 36 heteroatoms. The van der Waals surface area contributed by atoms with Gasteiger partial charge in [-0.2, -0.15) is 0 Å². The number of primary amides is 1. The molecule has 5 aromatic carbocycles. The molecule has 24 N–H and O–H groups in total. The Hall–Kier alpha value is -12.4. The molecule has 3 heterocycles. The van der Waals surface area contributed by atoms with Crippen LogP contribution >= 0.6 is 11.8 Å². The number of carboxylic acids is 1. The van der Waals surface area contributed by atoms with Crippen LogP contribution in [0.3, 0.4) is 0 Å². The number of aliphatic hydroxyl groups excluding tert-OH is 1. The number of unbranched alkanes of at least 4 members (excludes halogenated alkanes) is 1. The number of rotatable bonds is 21. The number of hydrogen-bond donors (Lipinski definition) is 21. The summed E-state index contributed by atoms with van der Waals surface area (Å²) in [5, 5.41) is 65.1. The van der Waals surface area contributed by atoms with E-state index in [1.807, 2.05) is 18.2 Å². The van der Waals surface area contributed by atoms with E-state index in [9.17, 15) is 58.2 Å². The minimum atomic E-state index is -1.97. The maximum absolute atomic E-state index is 15.3. The molecule has 0 bridgehead atoms. The second-order valence-corrected chi connectivity index (χ2v) is 29.6. The van der Waals surface area contributed by atoms with Crippen LogP contribution in [0.25, 0.3) is 32.6 Å². The van der Waals surface area contributed by atoms with Crippen molar-refractivity contribution in [1.29, 1.82) is 5.41 Å². The van der Waals surface area contributed by atoms with Gasteiger partial charge >= 0.3 is 5.97 Å². The predicted molar refractivity (Wildman–Crippen MR) is 429 cm³/mol. The topological polar surface area (TPSA) is 569 Å². The third-order valence-corrected chi connectivity index (χ3v) is 20.2. The van der Waals surface area contributed by atoms with Gasteiger partial charge < -0.3 is 107 Å². The smallest absolute Gasteiger partial charge is 0.305 e. The molecule has 0 radical (unpaired) electrons. The predicted octanol–water partition coefficient (Wildman–Crippen LogP) is -0.945. The first-order valence-electron chi connectivity index (χ1n) is 37.7. The first kappa shape index (κ1) is 88.1. The zero-order valence-corrected chi connectivity index (χ0v) is 64.9. The molecule has 2 aromatic heterocycles. The van der Waals surface area contributed by atoms with Crippen molar-refractivity contribution in [3.63, 3.8) is 0 Å². The third-order valence-electron chi connectivity index (χ3n) is 19.2. The summed E-state index contributed by atoms with van der Waals surface area (Å²) in [6.07, 6.45) is 1.64. The van der Waals surface area contributed by atoms with Gasteiger partial charge in [-0.1, -0.05) is 137 Å². The number of benzene rings is 5. The van der Waals surface area contributed by atoms with Crippen molar-refractivity contribution in [1.82, 2.24) is 79.1 Å². The van der Waals surface area contributed by atoms with Crippen molar-refractivity contribution in [2.45, 2.75) is 152 Å². The third kappa shape index (κ3) is 26.1. The molecule has 0 spiro atoms. The molecule has 115 heavy (non-hydrogen) atoms. The highest BCUT2D eigenvalue weighted by molar-refractivity contribution is 8.00. The van der Waals surface area contributed by atoms with Gasteiger partial charge in [0.1, 0.15) is 66.5 Å². The number of aliphatic carboxylic acids is 1. The van der Waals surface area contributed by atoms with E-state index >= 15 is 19.2 Å². The van der Waals surface area contributed by atoms with Crippen LogP contribution in [0, 0.1) is 17.2 Å². The average molecular weight is 1600 g/mol. The van der Waals surface area contributed by atoms with E-state index in [2.05, 4.69) is 79.1 Å². The van der Waals surface area contributed by atoms with E-state index in [1.165, 1.54) is 12.1 Å². The van der Waals surface area contributed by atoms with Gasteiger partial charge in [0, 0.05) is 65.8 Å². The van der Waals surface area contributed by atoms with E-state index in [4.69, 9.17) is 22.6 Å². The van der Waals surface area contributed by atoms with Crippen LogP contribution in [0.15, 0.2) is 134 Å². The number of para-hydroxylation sites is 2. The zero-order chi connectivity index (χ0) is 83.4. The number of carbonyl (C=O) groups excluding carboxylic acids is 13. The highest BCUT2D eigenvalue weighted by atomic mass is 32.2. The number of H-pyrrole nitrogens is 2. The van der Waals surface area contributed by atoms with Crippen LogP contribution in [0.4, 0.5) is 0 Å². The van der Waals surface area contributed by atoms with E-state index in [-0.39, 0.29) is 69.4 Å². The number of aromatic amines is 2. The summed E-state index contributed by atoms with van der Waals surface area (Å²) in [5.74, 6) is -17.1. The van der Waals surface area contributed by atoms with E-state index in [0.29, 0.717) is 44.9 Å².